The Bertz CT molecular complexity index is 868. The van der Waals surface area contributed by atoms with E-state index < -0.39 is 18.1 Å². The van der Waals surface area contributed by atoms with Gasteiger partial charge in [-0.3, -0.25) is 10.1 Å². The molecule has 1 fully saturated rings. The number of carboxylic acids is 1. The number of nitrogens with two attached hydrogens (primary N) is 1. The van der Waals surface area contributed by atoms with Gasteiger partial charge < -0.3 is 21.1 Å². The molecule has 0 spiro atoms. The summed E-state index contributed by atoms with van der Waals surface area (Å²) in [6.45, 7) is 7.03. The van der Waals surface area contributed by atoms with Crippen LogP contribution in [0.15, 0.2) is 36.5 Å². The number of unbranched alkanes of at least 4 members (excludes halogenated alkanes) is 1. The Kier molecular flexibility index (Phi) is 10.2. The van der Waals surface area contributed by atoms with Crippen molar-refractivity contribution in [2.75, 3.05) is 17.8 Å². The topological polar surface area (TPSA) is 108 Å². The van der Waals surface area contributed by atoms with Gasteiger partial charge in [0.15, 0.2) is 0 Å². The molecule has 0 aliphatic carbocycles. The number of carbonyl (C=O) groups excluding carboxylic acids is 1. The Morgan fingerprint density at radius 1 is 1.32 bits per heavy atom. The van der Waals surface area contributed by atoms with E-state index in [1.54, 1.807) is 11.8 Å². The van der Waals surface area contributed by atoms with E-state index in [1.807, 2.05) is 30.8 Å². The Balaban J connectivity index is 1.82. The van der Waals surface area contributed by atoms with Gasteiger partial charge in [-0.15, -0.1) is 11.8 Å². The maximum atomic E-state index is 13.5. The van der Waals surface area contributed by atoms with E-state index in [0.717, 1.165) is 42.0 Å². The second-order valence-electron chi connectivity index (χ2n) is 9.14. The molecule has 34 heavy (non-hydrogen) atoms. The average Bonchev–Trinajstić information content (AvgIpc) is 3.24. The Morgan fingerprint density at radius 2 is 2.06 bits per heavy atom. The van der Waals surface area contributed by atoms with E-state index in [1.165, 1.54) is 5.56 Å². The van der Waals surface area contributed by atoms with Gasteiger partial charge in [0, 0.05) is 36.2 Å². The van der Waals surface area contributed by atoms with Gasteiger partial charge in [-0.2, -0.15) is 11.8 Å². The molecule has 5 N–H and O–H groups in total. The molecular formula is C25H38N4O3S2. The highest BCUT2D eigenvalue weighted by atomic mass is 32.2. The number of benzene rings is 1. The molecule has 2 aliphatic rings. The highest BCUT2D eigenvalue weighted by molar-refractivity contribution is 8.00. The number of hydrogen-bond acceptors (Lipinski definition) is 7. The number of rotatable bonds is 12. The summed E-state index contributed by atoms with van der Waals surface area (Å²) in [7, 11) is 0. The number of fused-ring (bicyclic) bond motifs is 1. The summed E-state index contributed by atoms with van der Waals surface area (Å²) in [5.74, 6) is 0.526. The molecule has 2 heterocycles. The van der Waals surface area contributed by atoms with Crippen molar-refractivity contribution in [3.05, 3.63) is 47.7 Å². The summed E-state index contributed by atoms with van der Waals surface area (Å²) in [4.78, 5) is 27.3. The van der Waals surface area contributed by atoms with Crippen LogP contribution in [0.4, 0.5) is 0 Å². The van der Waals surface area contributed by atoms with Crippen molar-refractivity contribution in [2.24, 2.45) is 5.73 Å². The number of nitrogens with zero attached hydrogens (tertiary/aromatic N) is 1. The van der Waals surface area contributed by atoms with Crippen molar-refractivity contribution in [1.82, 2.24) is 15.5 Å². The van der Waals surface area contributed by atoms with Crippen LogP contribution in [0, 0.1) is 0 Å². The van der Waals surface area contributed by atoms with E-state index in [2.05, 4.69) is 40.5 Å². The molecule has 0 radical (unpaired) electrons. The standard InChI is InChI=1S/C25H38N4O3S2/c1-4-5-10-20(25(31)32)28-24(30)22-11-17-8-6-7-9-18(17)13-29(22)16(2)21(15-33-3)27-23-12-19(26)14-34-23/h6-9,19-23,27H,2,4-5,10-15,26H2,1,3H3,(H,28,30)(H,31,32)/t19-,20+,21+,22+,23?/m1/s1. The Morgan fingerprint density at radius 3 is 2.68 bits per heavy atom. The molecule has 1 aromatic carbocycles. The zero-order chi connectivity index (χ0) is 24.7. The molecule has 188 valence electrons. The third-order valence-corrected chi connectivity index (χ3v) is 8.55. The predicted octanol–water partition coefficient (Wildman–Crippen LogP) is 2.80. The lowest BCUT2D eigenvalue weighted by molar-refractivity contribution is -0.143. The third-order valence-electron chi connectivity index (χ3n) is 6.53. The SMILES string of the molecule is C=C([C@H](CSC)NC1C[C@@H](N)CS1)N1Cc2ccccc2C[C@H]1C(=O)N[C@@H](CCCC)C(=O)O. The van der Waals surface area contributed by atoms with Crippen molar-refractivity contribution in [3.8, 4) is 0 Å². The average molecular weight is 507 g/mol. The molecule has 9 heteroatoms. The molecule has 0 saturated carbocycles. The van der Waals surface area contributed by atoms with Crippen LogP contribution in [0.25, 0.3) is 0 Å². The summed E-state index contributed by atoms with van der Waals surface area (Å²) < 4.78 is 0. The number of nitrogens with one attached hydrogen (secondary N) is 2. The van der Waals surface area contributed by atoms with Gasteiger partial charge >= 0.3 is 5.97 Å². The zero-order valence-electron chi connectivity index (χ0n) is 20.2. The maximum absolute atomic E-state index is 13.5. The first kappa shape index (κ1) is 26.9. The van der Waals surface area contributed by atoms with Crippen molar-refractivity contribution in [3.63, 3.8) is 0 Å². The van der Waals surface area contributed by atoms with Crippen LogP contribution in [-0.4, -0.2) is 69.2 Å². The van der Waals surface area contributed by atoms with Crippen LogP contribution in [0.2, 0.25) is 0 Å². The second kappa shape index (κ2) is 12.9. The van der Waals surface area contributed by atoms with Gasteiger partial charge in [-0.25, -0.2) is 4.79 Å². The molecular weight excluding hydrogens is 468 g/mol. The minimum Gasteiger partial charge on any atom is -0.480 e. The van der Waals surface area contributed by atoms with Crippen LogP contribution in [0.1, 0.15) is 43.7 Å². The molecule has 0 bridgehead atoms. The number of thioether (sulfide) groups is 2. The lowest BCUT2D eigenvalue weighted by atomic mass is 9.92. The molecule has 2 aliphatic heterocycles. The molecule has 1 unspecified atom stereocenters. The molecule has 1 aromatic rings. The Hall–Kier alpha value is -1.68. The zero-order valence-corrected chi connectivity index (χ0v) is 21.8. The van der Waals surface area contributed by atoms with Gasteiger partial charge in [0.05, 0.1) is 11.4 Å². The number of carboxylic acid groups (broad SMARTS) is 1. The highest BCUT2D eigenvalue weighted by Gasteiger charge is 2.36. The van der Waals surface area contributed by atoms with Crippen LogP contribution in [0.5, 0.6) is 0 Å². The molecule has 1 saturated heterocycles. The van der Waals surface area contributed by atoms with Gasteiger partial charge in [0.25, 0.3) is 0 Å². The number of aliphatic carboxylic acids is 1. The summed E-state index contributed by atoms with van der Waals surface area (Å²) in [5, 5.41) is 16.4. The largest absolute Gasteiger partial charge is 0.480 e. The van der Waals surface area contributed by atoms with Crippen LogP contribution in [0.3, 0.4) is 0 Å². The summed E-state index contributed by atoms with van der Waals surface area (Å²) in [6, 6.07) is 6.95. The smallest absolute Gasteiger partial charge is 0.326 e. The minimum atomic E-state index is -0.986. The predicted molar refractivity (Wildman–Crippen MR) is 142 cm³/mol. The minimum absolute atomic E-state index is 0.00581. The molecule has 5 atom stereocenters. The van der Waals surface area contributed by atoms with Gasteiger partial charge in [-0.1, -0.05) is 50.6 Å². The van der Waals surface area contributed by atoms with Gasteiger partial charge in [0.2, 0.25) is 5.91 Å². The third kappa shape index (κ3) is 6.93. The van der Waals surface area contributed by atoms with Crippen molar-refractivity contribution < 1.29 is 14.7 Å². The summed E-state index contributed by atoms with van der Waals surface area (Å²) in [5.41, 5.74) is 9.28. The fourth-order valence-corrected chi connectivity index (χ4v) is 6.47. The van der Waals surface area contributed by atoms with Gasteiger partial charge in [0.1, 0.15) is 12.1 Å². The Labute approximate surface area is 211 Å². The van der Waals surface area contributed by atoms with E-state index in [9.17, 15) is 14.7 Å². The number of hydrogen-bond donors (Lipinski definition) is 4. The maximum Gasteiger partial charge on any atom is 0.326 e. The fourth-order valence-electron chi connectivity index (χ4n) is 4.59. The van der Waals surface area contributed by atoms with Crippen LogP contribution >= 0.6 is 23.5 Å². The fraction of sp³-hybridized carbons (Fsp3) is 0.600. The van der Waals surface area contributed by atoms with Crippen molar-refractivity contribution in [1.29, 1.82) is 0 Å². The molecule has 0 aromatic heterocycles. The van der Waals surface area contributed by atoms with E-state index in [4.69, 9.17) is 5.73 Å². The first-order valence-corrected chi connectivity index (χ1v) is 14.5. The van der Waals surface area contributed by atoms with Crippen LogP contribution in [-0.2, 0) is 22.6 Å². The lowest BCUT2D eigenvalue weighted by Gasteiger charge is -2.42. The monoisotopic (exact) mass is 506 g/mol. The molecule has 3 rings (SSSR count). The number of amides is 1. The quantitative estimate of drug-likeness (QED) is 0.343. The van der Waals surface area contributed by atoms with E-state index in [-0.39, 0.29) is 23.4 Å². The van der Waals surface area contributed by atoms with E-state index in [0.29, 0.717) is 19.4 Å². The van der Waals surface area contributed by atoms with Crippen molar-refractivity contribution in [2.45, 2.75) is 75.1 Å². The normalized spacial score (nSPS) is 23.7. The molecule has 1 amide bonds. The molecule has 7 nitrogen and oxygen atoms in total. The first-order chi connectivity index (χ1) is 16.3. The first-order valence-electron chi connectivity index (χ1n) is 12.0. The lowest BCUT2D eigenvalue weighted by Crippen LogP contribution is -2.56. The highest BCUT2D eigenvalue weighted by Crippen LogP contribution is 2.30. The van der Waals surface area contributed by atoms with Crippen LogP contribution < -0.4 is 16.4 Å². The van der Waals surface area contributed by atoms with Gasteiger partial charge in [-0.05, 0) is 30.2 Å². The summed E-state index contributed by atoms with van der Waals surface area (Å²) in [6.07, 6.45) is 5.56. The second-order valence-corrected chi connectivity index (χ2v) is 11.3. The summed E-state index contributed by atoms with van der Waals surface area (Å²) >= 11 is 3.57. The number of carbonyl (C=O) groups is 2. The van der Waals surface area contributed by atoms with Crippen molar-refractivity contribution >= 4 is 35.4 Å². The van der Waals surface area contributed by atoms with E-state index >= 15 is 0 Å².